The van der Waals surface area contributed by atoms with Crippen molar-refractivity contribution in [3.8, 4) is 0 Å². The predicted octanol–water partition coefficient (Wildman–Crippen LogP) is 3.47. The second-order valence-electron chi connectivity index (χ2n) is 4.28. The zero-order chi connectivity index (χ0) is 9.54. The van der Waals surface area contributed by atoms with E-state index in [0.29, 0.717) is 0 Å². The van der Waals surface area contributed by atoms with E-state index in [2.05, 4.69) is 17.0 Å². The molecule has 2 heteroatoms. The van der Waals surface area contributed by atoms with Crippen LogP contribution in [0.15, 0.2) is 24.3 Å². The van der Waals surface area contributed by atoms with E-state index in [-0.39, 0.29) is 0 Å². The number of rotatable bonds is 1. The van der Waals surface area contributed by atoms with E-state index in [9.17, 15) is 0 Å². The van der Waals surface area contributed by atoms with Gasteiger partial charge in [0.25, 0.3) is 0 Å². The molecule has 2 aliphatic rings. The van der Waals surface area contributed by atoms with Gasteiger partial charge in [-0.2, -0.15) is 0 Å². The quantitative estimate of drug-likeness (QED) is 0.638. The Morgan fingerprint density at radius 2 is 1.71 bits per heavy atom. The van der Waals surface area contributed by atoms with Crippen molar-refractivity contribution in [2.24, 2.45) is 0 Å². The number of anilines is 1. The SMILES string of the molecule is Clc1ccccc1N1[C@@H]2CCCC[C@@H]21. The standard InChI is InChI=1S/C12H14ClN/c13-9-5-1-2-6-10(9)14-11-7-3-4-8-12(11)14/h1-2,5-6,11-12H,3-4,7-8H2/t11-,12+,14?. The van der Waals surface area contributed by atoms with Crippen LogP contribution in [-0.2, 0) is 0 Å². The molecule has 2 atom stereocenters. The fourth-order valence-electron chi connectivity index (χ4n) is 2.72. The summed E-state index contributed by atoms with van der Waals surface area (Å²) in [7, 11) is 0. The van der Waals surface area contributed by atoms with Crippen LogP contribution < -0.4 is 4.90 Å². The molecular formula is C12H14ClN. The first kappa shape index (κ1) is 8.60. The van der Waals surface area contributed by atoms with Crippen molar-refractivity contribution < 1.29 is 0 Å². The van der Waals surface area contributed by atoms with Gasteiger partial charge < -0.3 is 4.90 Å². The van der Waals surface area contributed by atoms with E-state index < -0.39 is 0 Å². The highest BCUT2D eigenvalue weighted by Crippen LogP contribution is 2.46. The van der Waals surface area contributed by atoms with Gasteiger partial charge in [0.1, 0.15) is 0 Å². The lowest BCUT2D eigenvalue weighted by atomic mass is 10.0. The van der Waals surface area contributed by atoms with E-state index in [1.54, 1.807) is 0 Å². The lowest BCUT2D eigenvalue weighted by molar-refractivity contribution is 0.571. The van der Waals surface area contributed by atoms with Crippen molar-refractivity contribution in [3.63, 3.8) is 0 Å². The Morgan fingerprint density at radius 3 is 2.36 bits per heavy atom. The Kier molecular flexibility index (Phi) is 1.94. The predicted molar refractivity (Wildman–Crippen MR) is 60.0 cm³/mol. The summed E-state index contributed by atoms with van der Waals surface area (Å²) in [5, 5.41) is 0.905. The minimum atomic E-state index is 0.795. The molecule has 0 amide bonds. The lowest BCUT2D eigenvalue weighted by Crippen LogP contribution is -2.00. The van der Waals surface area contributed by atoms with Crippen LogP contribution in [0.25, 0.3) is 0 Å². The van der Waals surface area contributed by atoms with Gasteiger partial charge in [0.15, 0.2) is 0 Å². The van der Waals surface area contributed by atoms with Gasteiger partial charge in [-0.15, -0.1) is 0 Å². The second kappa shape index (κ2) is 3.16. The minimum Gasteiger partial charge on any atom is -0.360 e. The van der Waals surface area contributed by atoms with E-state index in [4.69, 9.17) is 11.6 Å². The molecule has 1 aliphatic heterocycles. The molecule has 1 aromatic carbocycles. The van der Waals surface area contributed by atoms with Gasteiger partial charge in [0.2, 0.25) is 0 Å². The maximum absolute atomic E-state index is 6.18. The maximum atomic E-state index is 6.18. The highest BCUT2D eigenvalue weighted by atomic mass is 35.5. The van der Waals surface area contributed by atoms with E-state index in [0.717, 1.165) is 17.1 Å². The molecule has 1 aliphatic carbocycles. The van der Waals surface area contributed by atoms with Crippen molar-refractivity contribution in [2.45, 2.75) is 37.8 Å². The molecule has 0 spiro atoms. The van der Waals surface area contributed by atoms with Gasteiger partial charge >= 0.3 is 0 Å². The molecule has 2 fully saturated rings. The Balaban J connectivity index is 1.87. The number of nitrogens with zero attached hydrogens (tertiary/aromatic N) is 1. The van der Waals surface area contributed by atoms with Crippen LogP contribution in [0.3, 0.4) is 0 Å². The first-order chi connectivity index (χ1) is 6.88. The number of para-hydroxylation sites is 1. The fourth-order valence-corrected chi connectivity index (χ4v) is 2.96. The Hall–Kier alpha value is -0.690. The monoisotopic (exact) mass is 207 g/mol. The average molecular weight is 208 g/mol. The zero-order valence-electron chi connectivity index (χ0n) is 8.12. The van der Waals surface area contributed by atoms with Crippen molar-refractivity contribution in [1.82, 2.24) is 0 Å². The van der Waals surface area contributed by atoms with Crippen molar-refractivity contribution in [2.75, 3.05) is 4.90 Å². The molecule has 0 aromatic heterocycles. The van der Waals surface area contributed by atoms with Gasteiger partial charge in [-0.05, 0) is 25.0 Å². The van der Waals surface area contributed by atoms with Gasteiger partial charge in [0.05, 0.1) is 10.7 Å². The number of hydrogen-bond donors (Lipinski definition) is 0. The molecule has 74 valence electrons. The van der Waals surface area contributed by atoms with Gasteiger partial charge in [-0.1, -0.05) is 36.6 Å². The molecule has 3 rings (SSSR count). The van der Waals surface area contributed by atoms with E-state index >= 15 is 0 Å². The van der Waals surface area contributed by atoms with Gasteiger partial charge in [-0.25, -0.2) is 0 Å². The Morgan fingerprint density at radius 1 is 1.07 bits per heavy atom. The van der Waals surface area contributed by atoms with Crippen molar-refractivity contribution in [1.29, 1.82) is 0 Å². The Bertz CT molecular complexity index is 338. The smallest absolute Gasteiger partial charge is 0.0639 e. The topological polar surface area (TPSA) is 3.01 Å². The molecule has 0 bridgehead atoms. The third-order valence-electron chi connectivity index (χ3n) is 3.45. The third-order valence-corrected chi connectivity index (χ3v) is 3.77. The Labute approximate surface area is 89.7 Å². The largest absolute Gasteiger partial charge is 0.360 e. The first-order valence-corrected chi connectivity index (χ1v) is 5.78. The zero-order valence-corrected chi connectivity index (χ0v) is 8.87. The van der Waals surface area contributed by atoms with E-state index in [1.807, 2.05) is 12.1 Å². The molecule has 0 unspecified atom stereocenters. The summed E-state index contributed by atoms with van der Waals surface area (Å²) in [6, 6.07) is 9.79. The molecule has 1 saturated carbocycles. The highest BCUT2D eigenvalue weighted by Gasteiger charge is 2.48. The van der Waals surface area contributed by atoms with Crippen LogP contribution in [0.1, 0.15) is 25.7 Å². The molecular weight excluding hydrogens is 194 g/mol. The van der Waals surface area contributed by atoms with Crippen LogP contribution in [0, 0.1) is 0 Å². The van der Waals surface area contributed by atoms with E-state index in [1.165, 1.54) is 31.4 Å². The number of halogens is 1. The second-order valence-corrected chi connectivity index (χ2v) is 4.69. The van der Waals surface area contributed by atoms with Crippen LogP contribution in [-0.4, -0.2) is 12.1 Å². The summed E-state index contributed by atoms with van der Waals surface area (Å²) in [5.74, 6) is 0. The lowest BCUT2D eigenvalue weighted by Gasteiger charge is -2.06. The van der Waals surface area contributed by atoms with Crippen LogP contribution in [0.5, 0.6) is 0 Å². The van der Waals surface area contributed by atoms with Crippen LogP contribution >= 0.6 is 11.6 Å². The van der Waals surface area contributed by atoms with Crippen LogP contribution in [0.4, 0.5) is 5.69 Å². The molecule has 0 N–H and O–H groups in total. The highest BCUT2D eigenvalue weighted by molar-refractivity contribution is 6.33. The average Bonchev–Trinajstić information content (AvgIpc) is 2.93. The number of benzene rings is 1. The summed E-state index contributed by atoms with van der Waals surface area (Å²) in [6.45, 7) is 0. The first-order valence-electron chi connectivity index (χ1n) is 5.41. The summed E-state index contributed by atoms with van der Waals surface area (Å²) < 4.78 is 0. The summed E-state index contributed by atoms with van der Waals surface area (Å²) in [5.41, 5.74) is 1.24. The number of fused-ring (bicyclic) bond motifs is 1. The summed E-state index contributed by atoms with van der Waals surface area (Å²) in [6.07, 6.45) is 5.50. The molecule has 1 heterocycles. The molecule has 1 aromatic rings. The summed E-state index contributed by atoms with van der Waals surface area (Å²) >= 11 is 6.18. The maximum Gasteiger partial charge on any atom is 0.0639 e. The van der Waals surface area contributed by atoms with Crippen molar-refractivity contribution in [3.05, 3.63) is 29.3 Å². The molecule has 0 radical (unpaired) electrons. The van der Waals surface area contributed by atoms with Crippen molar-refractivity contribution >= 4 is 17.3 Å². The van der Waals surface area contributed by atoms with Gasteiger partial charge in [0, 0.05) is 12.1 Å². The minimum absolute atomic E-state index is 0.795. The van der Waals surface area contributed by atoms with Gasteiger partial charge in [-0.3, -0.25) is 0 Å². The third kappa shape index (κ3) is 1.23. The van der Waals surface area contributed by atoms with Crippen LogP contribution in [0.2, 0.25) is 5.02 Å². The molecule has 14 heavy (non-hydrogen) atoms. The molecule has 1 saturated heterocycles. The normalized spacial score (nSPS) is 29.9. The number of hydrogen-bond acceptors (Lipinski definition) is 1. The summed E-state index contributed by atoms with van der Waals surface area (Å²) in [4.78, 5) is 2.50. The molecule has 1 nitrogen and oxygen atoms in total. The fraction of sp³-hybridized carbons (Fsp3) is 0.500.